The predicted octanol–water partition coefficient (Wildman–Crippen LogP) is 0.483. The molecule has 0 aliphatic carbocycles. The molecule has 0 bridgehead atoms. The summed E-state index contributed by atoms with van der Waals surface area (Å²) < 4.78 is 10.3. The van der Waals surface area contributed by atoms with E-state index < -0.39 is 23.4 Å². The molecule has 8 nitrogen and oxygen atoms in total. The molecule has 0 radical (unpaired) electrons. The molecule has 1 saturated heterocycles. The van der Waals surface area contributed by atoms with E-state index in [9.17, 15) is 15.2 Å². The molecule has 110 valence electrons. The summed E-state index contributed by atoms with van der Waals surface area (Å²) in [7, 11) is 1.43. The number of ether oxygens (including phenoxy) is 2. The Hall–Kier alpha value is -1.90. The number of methoxy groups -OCH3 is 1. The predicted molar refractivity (Wildman–Crippen MR) is 69.6 cm³/mol. The van der Waals surface area contributed by atoms with Crippen molar-refractivity contribution in [3.05, 3.63) is 28.3 Å². The first-order valence-electron chi connectivity index (χ1n) is 6.08. The van der Waals surface area contributed by atoms with Crippen LogP contribution in [0, 0.1) is 10.1 Å². The Balaban J connectivity index is 2.15. The van der Waals surface area contributed by atoms with Crippen molar-refractivity contribution in [2.75, 3.05) is 19.0 Å². The highest BCUT2D eigenvalue weighted by atomic mass is 16.6. The monoisotopic (exact) mass is 284 g/mol. The summed E-state index contributed by atoms with van der Waals surface area (Å²) in [6.07, 6.45) is -1.82. The van der Waals surface area contributed by atoms with Crippen LogP contribution >= 0.6 is 0 Å². The van der Waals surface area contributed by atoms with Crippen LogP contribution < -0.4 is 10.1 Å². The molecule has 1 aromatic carbocycles. The van der Waals surface area contributed by atoms with E-state index in [-0.39, 0.29) is 24.4 Å². The van der Waals surface area contributed by atoms with Gasteiger partial charge in [0, 0.05) is 6.42 Å². The molecule has 3 N–H and O–H groups in total. The fraction of sp³-hybridized carbons (Fsp3) is 0.500. The van der Waals surface area contributed by atoms with Crippen LogP contribution in [0.2, 0.25) is 0 Å². The van der Waals surface area contributed by atoms with Crippen LogP contribution in [-0.2, 0) is 4.74 Å². The highest BCUT2D eigenvalue weighted by molar-refractivity contribution is 5.64. The third kappa shape index (κ3) is 2.98. The van der Waals surface area contributed by atoms with Crippen molar-refractivity contribution < 1.29 is 24.6 Å². The molecular formula is C12H16N2O6. The molecule has 0 aromatic heterocycles. The number of anilines is 1. The summed E-state index contributed by atoms with van der Waals surface area (Å²) in [5.74, 6) is 0.378. The highest BCUT2D eigenvalue weighted by Crippen LogP contribution is 2.31. The molecule has 0 saturated carbocycles. The van der Waals surface area contributed by atoms with Crippen molar-refractivity contribution in [1.29, 1.82) is 0 Å². The molecule has 8 heteroatoms. The summed E-state index contributed by atoms with van der Waals surface area (Å²) in [6.45, 7) is -0.302. The van der Waals surface area contributed by atoms with Crippen molar-refractivity contribution >= 4 is 11.4 Å². The minimum absolute atomic E-state index is 0.144. The van der Waals surface area contributed by atoms with Gasteiger partial charge in [-0.05, 0) is 12.1 Å². The number of nitrogens with zero attached hydrogens (tertiary/aromatic N) is 1. The average molecular weight is 284 g/mol. The van der Waals surface area contributed by atoms with Crippen LogP contribution in [0.1, 0.15) is 6.42 Å². The van der Waals surface area contributed by atoms with E-state index in [1.165, 1.54) is 19.2 Å². The number of aliphatic hydroxyl groups is 2. The van der Waals surface area contributed by atoms with Gasteiger partial charge in [-0.1, -0.05) is 0 Å². The Morgan fingerprint density at radius 2 is 2.35 bits per heavy atom. The third-order valence-corrected chi connectivity index (χ3v) is 3.12. The molecule has 1 fully saturated rings. The van der Waals surface area contributed by atoms with E-state index in [4.69, 9.17) is 14.6 Å². The summed E-state index contributed by atoms with van der Waals surface area (Å²) in [5, 5.41) is 32.5. The third-order valence-electron chi connectivity index (χ3n) is 3.12. The fourth-order valence-electron chi connectivity index (χ4n) is 2.07. The van der Waals surface area contributed by atoms with Crippen LogP contribution in [0.4, 0.5) is 11.4 Å². The van der Waals surface area contributed by atoms with E-state index in [2.05, 4.69) is 5.32 Å². The van der Waals surface area contributed by atoms with Gasteiger partial charge in [-0.15, -0.1) is 0 Å². The normalized spacial score (nSPS) is 25.4. The first kappa shape index (κ1) is 14.5. The maximum absolute atomic E-state index is 11.0. The molecular weight excluding hydrogens is 268 g/mol. The Morgan fingerprint density at radius 1 is 1.60 bits per heavy atom. The minimum Gasteiger partial charge on any atom is -0.496 e. The molecule has 2 rings (SSSR count). The van der Waals surface area contributed by atoms with Crippen LogP contribution in [0.15, 0.2) is 18.2 Å². The standard InChI is InChI=1S/C12H16N2O6/c1-19-7-2-3-8(9(4-7)14(17)18)13-12-5-10(16)11(6-15)20-12/h2-4,10-13,15-16H,5-6H2,1H3. The Bertz CT molecular complexity index is 495. The largest absolute Gasteiger partial charge is 0.496 e. The highest BCUT2D eigenvalue weighted by Gasteiger charge is 2.34. The van der Waals surface area contributed by atoms with Gasteiger partial charge in [-0.3, -0.25) is 10.1 Å². The lowest BCUT2D eigenvalue weighted by Gasteiger charge is -2.15. The Morgan fingerprint density at radius 3 is 2.90 bits per heavy atom. The van der Waals surface area contributed by atoms with Crippen LogP contribution in [0.3, 0.4) is 0 Å². The number of nitro groups is 1. The Labute approximate surface area is 115 Å². The smallest absolute Gasteiger partial charge is 0.296 e. The SMILES string of the molecule is COc1ccc(NC2CC(O)C(CO)O2)c([N+](=O)[O-])c1. The van der Waals surface area contributed by atoms with Gasteiger partial charge in [0.15, 0.2) is 0 Å². The second-order valence-corrected chi connectivity index (χ2v) is 4.43. The topological polar surface area (TPSA) is 114 Å². The molecule has 20 heavy (non-hydrogen) atoms. The summed E-state index contributed by atoms with van der Waals surface area (Å²) in [6, 6.07) is 4.40. The number of hydrogen-bond donors (Lipinski definition) is 3. The molecule has 0 amide bonds. The molecule has 0 spiro atoms. The second kappa shape index (κ2) is 6.04. The zero-order valence-corrected chi connectivity index (χ0v) is 10.9. The lowest BCUT2D eigenvalue weighted by atomic mass is 10.2. The number of aliphatic hydroxyl groups excluding tert-OH is 2. The number of hydrogen-bond acceptors (Lipinski definition) is 7. The summed E-state index contributed by atoms with van der Waals surface area (Å²) in [4.78, 5) is 10.5. The van der Waals surface area contributed by atoms with Crippen molar-refractivity contribution in [3.63, 3.8) is 0 Å². The van der Waals surface area contributed by atoms with Gasteiger partial charge in [0.2, 0.25) is 0 Å². The first-order chi connectivity index (χ1) is 9.55. The zero-order valence-electron chi connectivity index (χ0n) is 10.9. The molecule has 3 atom stereocenters. The van der Waals surface area contributed by atoms with Gasteiger partial charge in [-0.25, -0.2) is 0 Å². The molecule has 1 aromatic rings. The van der Waals surface area contributed by atoms with Crippen LogP contribution in [0.25, 0.3) is 0 Å². The maximum Gasteiger partial charge on any atom is 0.296 e. The lowest BCUT2D eigenvalue weighted by Crippen LogP contribution is -2.25. The van der Waals surface area contributed by atoms with Gasteiger partial charge < -0.3 is 25.0 Å². The Kier molecular flexibility index (Phi) is 4.38. The second-order valence-electron chi connectivity index (χ2n) is 4.43. The van der Waals surface area contributed by atoms with E-state index in [0.29, 0.717) is 5.75 Å². The molecule has 1 aliphatic rings. The molecule has 1 aliphatic heterocycles. The first-order valence-corrected chi connectivity index (χ1v) is 6.08. The van der Waals surface area contributed by atoms with Gasteiger partial charge in [0.25, 0.3) is 5.69 Å². The summed E-state index contributed by atoms with van der Waals surface area (Å²) in [5.41, 5.74) is 0.126. The van der Waals surface area contributed by atoms with Crippen molar-refractivity contribution in [3.8, 4) is 5.75 Å². The van der Waals surface area contributed by atoms with E-state index in [1.807, 2.05) is 0 Å². The number of nitrogens with one attached hydrogen (secondary N) is 1. The van der Waals surface area contributed by atoms with Gasteiger partial charge >= 0.3 is 0 Å². The van der Waals surface area contributed by atoms with E-state index in [1.54, 1.807) is 6.07 Å². The fourth-order valence-corrected chi connectivity index (χ4v) is 2.07. The molecule has 3 unspecified atom stereocenters. The van der Waals surface area contributed by atoms with E-state index in [0.717, 1.165) is 0 Å². The number of nitro benzene ring substituents is 1. The van der Waals surface area contributed by atoms with Crippen molar-refractivity contribution in [2.24, 2.45) is 0 Å². The zero-order chi connectivity index (χ0) is 14.7. The lowest BCUT2D eigenvalue weighted by molar-refractivity contribution is -0.384. The maximum atomic E-state index is 11.0. The summed E-state index contributed by atoms with van der Waals surface area (Å²) >= 11 is 0. The van der Waals surface area contributed by atoms with E-state index >= 15 is 0 Å². The number of rotatable bonds is 5. The van der Waals surface area contributed by atoms with Crippen molar-refractivity contribution in [1.82, 2.24) is 0 Å². The minimum atomic E-state index is -0.796. The van der Waals surface area contributed by atoms with Crippen LogP contribution in [0.5, 0.6) is 5.75 Å². The van der Waals surface area contributed by atoms with Gasteiger partial charge in [-0.2, -0.15) is 0 Å². The quantitative estimate of drug-likeness (QED) is 0.532. The van der Waals surface area contributed by atoms with Crippen molar-refractivity contribution in [2.45, 2.75) is 24.9 Å². The molecule has 1 heterocycles. The van der Waals surface area contributed by atoms with Crippen LogP contribution in [-0.4, -0.2) is 47.3 Å². The average Bonchev–Trinajstić information content (AvgIpc) is 2.79. The van der Waals surface area contributed by atoms with Gasteiger partial charge in [0.1, 0.15) is 23.8 Å². The number of benzene rings is 1. The van der Waals surface area contributed by atoms with Gasteiger partial charge in [0.05, 0.1) is 30.8 Å².